The van der Waals surface area contributed by atoms with Gasteiger partial charge in [-0.1, -0.05) is 30.3 Å². The molecule has 1 aliphatic heterocycles. The van der Waals surface area contributed by atoms with E-state index in [0.717, 1.165) is 38.8 Å². The fourth-order valence-corrected chi connectivity index (χ4v) is 4.99. The zero-order valence-electron chi connectivity index (χ0n) is 16.6. The van der Waals surface area contributed by atoms with E-state index in [4.69, 9.17) is 0 Å². The standard InChI is InChI=1S/C21H29N3O3S/c1-17-20(16-19(23(17)2)21(25)24-14-7-4-8-15-24)28(26,27)22-13-9-12-18-10-5-3-6-11-18/h3,5-6,10-11,16,22H,4,7-9,12-15H2,1-2H3. The van der Waals surface area contributed by atoms with Crippen LogP contribution in [0, 0.1) is 6.92 Å². The Kier molecular flexibility index (Phi) is 6.57. The second kappa shape index (κ2) is 8.92. The first kappa shape index (κ1) is 20.6. The minimum atomic E-state index is -3.65. The molecule has 7 heteroatoms. The van der Waals surface area contributed by atoms with E-state index in [2.05, 4.69) is 4.72 Å². The SMILES string of the molecule is Cc1c(S(=O)(=O)NCCCc2ccccc2)cc(C(=O)N2CCCCC2)n1C. The van der Waals surface area contributed by atoms with Crippen molar-refractivity contribution in [3.05, 3.63) is 53.3 Å². The molecular formula is C21H29N3O3S. The summed E-state index contributed by atoms with van der Waals surface area (Å²) in [7, 11) is -1.90. The summed E-state index contributed by atoms with van der Waals surface area (Å²) in [6.07, 6.45) is 4.68. The Labute approximate surface area is 167 Å². The van der Waals surface area contributed by atoms with Crippen molar-refractivity contribution in [2.75, 3.05) is 19.6 Å². The Hall–Kier alpha value is -2.12. The first-order valence-electron chi connectivity index (χ1n) is 9.89. The molecule has 1 amide bonds. The number of nitrogens with one attached hydrogen (secondary N) is 1. The number of carbonyl (C=O) groups excluding carboxylic acids is 1. The molecule has 1 aliphatic rings. The maximum Gasteiger partial charge on any atom is 0.270 e. The van der Waals surface area contributed by atoms with E-state index in [1.165, 1.54) is 11.6 Å². The quantitative estimate of drug-likeness (QED) is 0.723. The highest BCUT2D eigenvalue weighted by molar-refractivity contribution is 7.89. The lowest BCUT2D eigenvalue weighted by molar-refractivity contribution is 0.0714. The van der Waals surface area contributed by atoms with Crippen LogP contribution in [0.2, 0.25) is 0 Å². The number of carbonyl (C=O) groups is 1. The fourth-order valence-electron chi connectivity index (χ4n) is 3.63. The average molecular weight is 404 g/mol. The first-order valence-corrected chi connectivity index (χ1v) is 11.4. The summed E-state index contributed by atoms with van der Waals surface area (Å²) in [5.74, 6) is -0.0872. The van der Waals surface area contributed by atoms with Crippen LogP contribution >= 0.6 is 0 Å². The molecule has 152 valence electrons. The number of nitrogens with zero attached hydrogens (tertiary/aromatic N) is 2. The molecule has 0 spiro atoms. The number of amides is 1. The first-order chi connectivity index (χ1) is 13.4. The summed E-state index contributed by atoms with van der Waals surface area (Å²) in [4.78, 5) is 14.8. The highest BCUT2D eigenvalue weighted by Gasteiger charge is 2.27. The predicted molar refractivity (Wildman–Crippen MR) is 110 cm³/mol. The van der Waals surface area contributed by atoms with Gasteiger partial charge < -0.3 is 9.47 Å². The Morgan fingerprint density at radius 3 is 2.46 bits per heavy atom. The maximum atomic E-state index is 12.8. The normalized spacial score (nSPS) is 15.0. The van der Waals surface area contributed by atoms with E-state index in [1.54, 1.807) is 18.5 Å². The molecule has 1 saturated heterocycles. The van der Waals surface area contributed by atoms with Gasteiger partial charge in [0.2, 0.25) is 10.0 Å². The molecule has 1 aromatic carbocycles. The lowest BCUT2D eigenvalue weighted by Gasteiger charge is -2.26. The van der Waals surface area contributed by atoms with Crippen LogP contribution in [0.5, 0.6) is 0 Å². The van der Waals surface area contributed by atoms with E-state index in [-0.39, 0.29) is 10.8 Å². The van der Waals surface area contributed by atoms with Gasteiger partial charge in [0, 0.05) is 32.4 Å². The number of aromatic nitrogens is 1. The highest BCUT2D eigenvalue weighted by atomic mass is 32.2. The second-order valence-corrected chi connectivity index (χ2v) is 9.11. The summed E-state index contributed by atoms with van der Waals surface area (Å²) in [6, 6.07) is 11.5. The lowest BCUT2D eigenvalue weighted by Crippen LogP contribution is -2.36. The number of hydrogen-bond donors (Lipinski definition) is 1. The number of sulfonamides is 1. The zero-order valence-corrected chi connectivity index (χ0v) is 17.5. The van der Waals surface area contributed by atoms with Gasteiger partial charge in [-0.25, -0.2) is 13.1 Å². The Morgan fingerprint density at radius 1 is 1.11 bits per heavy atom. The van der Waals surface area contributed by atoms with E-state index < -0.39 is 10.0 Å². The molecule has 2 aromatic rings. The van der Waals surface area contributed by atoms with Crippen molar-refractivity contribution in [1.29, 1.82) is 0 Å². The smallest absolute Gasteiger partial charge is 0.270 e. The zero-order chi connectivity index (χ0) is 20.1. The molecule has 0 bridgehead atoms. The van der Waals surface area contributed by atoms with E-state index in [9.17, 15) is 13.2 Å². The number of benzene rings is 1. The van der Waals surface area contributed by atoms with Gasteiger partial charge in [-0.2, -0.15) is 0 Å². The summed E-state index contributed by atoms with van der Waals surface area (Å²) in [5.41, 5.74) is 2.20. The molecule has 0 unspecified atom stereocenters. The predicted octanol–water partition coefficient (Wildman–Crippen LogP) is 2.87. The molecule has 0 saturated carbocycles. The second-order valence-electron chi connectivity index (χ2n) is 7.38. The van der Waals surface area contributed by atoms with Gasteiger partial charge in [0.15, 0.2) is 0 Å². The molecular weight excluding hydrogens is 374 g/mol. The van der Waals surface area contributed by atoms with Gasteiger partial charge in [0.1, 0.15) is 10.6 Å². The molecule has 2 heterocycles. The Morgan fingerprint density at radius 2 is 1.79 bits per heavy atom. The van der Waals surface area contributed by atoms with Gasteiger partial charge in [0.05, 0.1) is 0 Å². The van der Waals surface area contributed by atoms with Crippen LogP contribution < -0.4 is 4.72 Å². The molecule has 3 rings (SSSR count). The minimum Gasteiger partial charge on any atom is -0.343 e. The molecule has 0 aliphatic carbocycles. The largest absolute Gasteiger partial charge is 0.343 e. The van der Waals surface area contributed by atoms with Crippen molar-refractivity contribution in [2.24, 2.45) is 7.05 Å². The molecule has 1 N–H and O–H groups in total. The number of rotatable bonds is 7. The van der Waals surface area contributed by atoms with Crippen molar-refractivity contribution in [1.82, 2.24) is 14.2 Å². The van der Waals surface area contributed by atoms with Crippen molar-refractivity contribution >= 4 is 15.9 Å². The summed E-state index contributed by atoms with van der Waals surface area (Å²) < 4.78 is 29.9. The third-order valence-corrected chi connectivity index (χ3v) is 6.99. The van der Waals surface area contributed by atoms with E-state index >= 15 is 0 Å². The number of piperidine rings is 1. The topological polar surface area (TPSA) is 71.4 Å². The van der Waals surface area contributed by atoms with Crippen LogP contribution in [0.4, 0.5) is 0 Å². The van der Waals surface area contributed by atoms with Crippen LogP contribution in [-0.2, 0) is 23.5 Å². The fraction of sp³-hybridized carbons (Fsp3) is 0.476. The Balaban J connectivity index is 1.67. The minimum absolute atomic E-state index is 0.0872. The molecule has 1 aromatic heterocycles. The highest BCUT2D eigenvalue weighted by Crippen LogP contribution is 2.22. The van der Waals surface area contributed by atoms with Crippen LogP contribution in [0.3, 0.4) is 0 Å². The van der Waals surface area contributed by atoms with Gasteiger partial charge in [0.25, 0.3) is 5.91 Å². The van der Waals surface area contributed by atoms with Gasteiger partial charge in [-0.3, -0.25) is 4.79 Å². The van der Waals surface area contributed by atoms with Gasteiger partial charge in [-0.15, -0.1) is 0 Å². The van der Waals surface area contributed by atoms with Crippen molar-refractivity contribution < 1.29 is 13.2 Å². The average Bonchev–Trinajstić information content (AvgIpc) is 3.02. The maximum absolute atomic E-state index is 12.8. The van der Waals surface area contributed by atoms with Crippen LogP contribution in [-0.4, -0.2) is 43.4 Å². The van der Waals surface area contributed by atoms with Crippen molar-refractivity contribution in [2.45, 2.75) is 43.9 Å². The molecule has 1 fully saturated rings. The third kappa shape index (κ3) is 4.64. The van der Waals surface area contributed by atoms with Crippen LogP contribution in [0.1, 0.15) is 47.4 Å². The van der Waals surface area contributed by atoms with Gasteiger partial charge in [-0.05, 0) is 50.7 Å². The van der Waals surface area contributed by atoms with Crippen molar-refractivity contribution in [3.63, 3.8) is 0 Å². The van der Waals surface area contributed by atoms with E-state index in [1.807, 2.05) is 35.2 Å². The summed E-state index contributed by atoms with van der Waals surface area (Å²) in [5, 5.41) is 0. The third-order valence-electron chi connectivity index (χ3n) is 5.42. The van der Waals surface area contributed by atoms with Crippen molar-refractivity contribution in [3.8, 4) is 0 Å². The number of hydrogen-bond acceptors (Lipinski definition) is 3. The Bertz CT molecular complexity index is 914. The van der Waals surface area contributed by atoms with Crippen LogP contribution in [0.15, 0.2) is 41.3 Å². The molecule has 0 atom stereocenters. The summed E-state index contributed by atoms with van der Waals surface area (Å²) >= 11 is 0. The monoisotopic (exact) mass is 403 g/mol. The van der Waals surface area contributed by atoms with E-state index in [0.29, 0.717) is 24.4 Å². The molecule has 0 radical (unpaired) electrons. The summed E-state index contributed by atoms with van der Waals surface area (Å²) in [6.45, 7) is 3.58. The number of aryl methyl sites for hydroxylation is 1. The van der Waals surface area contributed by atoms with Crippen LogP contribution in [0.25, 0.3) is 0 Å². The molecule has 6 nitrogen and oxygen atoms in total. The molecule has 28 heavy (non-hydrogen) atoms. The van der Waals surface area contributed by atoms with Gasteiger partial charge >= 0.3 is 0 Å². The number of likely N-dealkylation sites (tertiary alicyclic amines) is 1. The lowest BCUT2D eigenvalue weighted by atomic mass is 10.1.